The third kappa shape index (κ3) is 4.12. The van der Waals surface area contributed by atoms with Gasteiger partial charge in [0.2, 0.25) is 0 Å². The molecular formula is C14H17ClN4O3. The van der Waals surface area contributed by atoms with Crippen LogP contribution in [0.1, 0.15) is 13.8 Å². The van der Waals surface area contributed by atoms with Crippen LogP contribution in [0.4, 0.5) is 17.2 Å². The first-order valence-corrected chi connectivity index (χ1v) is 6.99. The zero-order valence-electron chi connectivity index (χ0n) is 12.6. The van der Waals surface area contributed by atoms with Crippen LogP contribution in [0.5, 0.6) is 0 Å². The van der Waals surface area contributed by atoms with Crippen molar-refractivity contribution in [3.05, 3.63) is 51.9 Å². The summed E-state index contributed by atoms with van der Waals surface area (Å²) in [4.78, 5) is 20.2. The maximum absolute atomic E-state index is 11.1. The minimum atomic E-state index is -0.470. The van der Waals surface area contributed by atoms with Gasteiger partial charge in [-0.1, -0.05) is 37.6 Å². The Hall–Kier alpha value is -2.25. The van der Waals surface area contributed by atoms with Crippen LogP contribution in [-0.2, 0) is 4.74 Å². The van der Waals surface area contributed by atoms with Gasteiger partial charge in [0.1, 0.15) is 12.4 Å². The van der Waals surface area contributed by atoms with E-state index >= 15 is 0 Å². The molecule has 0 atom stereocenters. The molecular weight excluding hydrogens is 308 g/mol. The number of hydrogen-bond donors (Lipinski definition) is 0. The fourth-order valence-corrected chi connectivity index (χ4v) is 1.92. The Bertz CT molecular complexity index is 625. The minimum Gasteiger partial charge on any atom is -0.364 e. The molecule has 1 heterocycles. The van der Waals surface area contributed by atoms with Crippen molar-refractivity contribution in [1.82, 2.24) is 9.97 Å². The molecule has 2 rings (SSSR count). The maximum atomic E-state index is 11.1. The van der Waals surface area contributed by atoms with Gasteiger partial charge in [0, 0.05) is 25.6 Å². The van der Waals surface area contributed by atoms with Crippen molar-refractivity contribution in [3.63, 3.8) is 0 Å². The summed E-state index contributed by atoms with van der Waals surface area (Å²) >= 11 is 6.00. The number of rotatable bonds is 5. The van der Waals surface area contributed by atoms with Crippen molar-refractivity contribution in [3.8, 4) is 0 Å². The molecule has 0 aliphatic carbocycles. The Balaban J connectivity index is 0.00000116. The highest BCUT2D eigenvalue weighted by molar-refractivity contribution is 6.31. The van der Waals surface area contributed by atoms with Crippen molar-refractivity contribution in [2.24, 2.45) is 0 Å². The van der Waals surface area contributed by atoms with E-state index in [0.29, 0.717) is 11.5 Å². The number of methoxy groups -OCH3 is 1. The van der Waals surface area contributed by atoms with Gasteiger partial charge >= 0.3 is 0 Å². The molecule has 2 aromatic rings. The lowest BCUT2D eigenvalue weighted by atomic mass is 10.2. The van der Waals surface area contributed by atoms with Gasteiger partial charge in [0.25, 0.3) is 5.69 Å². The van der Waals surface area contributed by atoms with Gasteiger partial charge in [-0.25, -0.2) is 9.97 Å². The van der Waals surface area contributed by atoms with Crippen molar-refractivity contribution in [2.45, 2.75) is 13.8 Å². The lowest BCUT2D eigenvalue weighted by Crippen LogP contribution is -2.22. The molecule has 0 saturated heterocycles. The first-order chi connectivity index (χ1) is 10.6. The summed E-state index contributed by atoms with van der Waals surface area (Å²) in [6.45, 7) is 4.06. The van der Waals surface area contributed by atoms with Crippen molar-refractivity contribution in [2.75, 3.05) is 18.7 Å². The van der Waals surface area contributed by atoms with Gasteiger partial charge < -0.3 is 4.74 Å². The third-order valence-corrected chi connectivity index (χ3v) is 2.79. The van der Waals surface area contributed by atoms with Gasteiger partial charge in [-0.3, -0.25) is 15.0 Å². The summed E-state index contributed by atoms with van der Waals surface area (Å²) in [5.74, 6) is 0.297. The SMILES string of the molecule is CC.COCN(c1ccccc1[N+](=O)[O-])c1nccnc1Cl. The second kappa shape index (κ2) is 8.91. The predicted molar refractivity (Wildman–Crippen MR) is 85.5 cm³/mol. The second-order valence-electron chi connectivity index (χ2n) is 3.76. The van der Waals surface area contributed by atoms with Crippen LogP contribution in [0.2, 0.25) is 5.15 Å². The highest BCUT2D eigenvalue weighted by Gasteiger charge is 2.22. The summed E-state index contributed by atoms with van der Waals surface area (Å²) in [5.41, 5.74) is 0.271. The molecule has 118 valence electrons. The molecule has 0 amide bonds. The quantitative estimate of drug-likeness (QED) is 0.472. The number of hydrogen-bond acceptors (Lipinski definition) is 6. The van der Waals surface area contributed by atoms with Gasteiger partial charge in [-0.2, -0.15) is 0 Å². The van der Waals surface area contributed by atoms with E-state index in [2.05, 4.69) is 9.97 Å². The first-order valence-electron chi connectivity index (χ1n) is 6.61. The standard InChI is InChI=1S/C12H11ClN4O3.C2H6/c1-20-8-16(12-11(13)14-6-7-15-12)9-4-2-3-5-10(9)17(18)19;1-2/h2-7H,8H2,1H3;1-2H3. The van der Waals surface area contributed by atoms with E-state index in [-0.39, 0.29) is 17.6 Å². The molecule has 8 heteroatoms. The molecule has 0 fully saturated rings. The Labute approximate surface area is 133 Å². The predicted octanol–water partition coefficient (Wildman–Crippen LogP) is 3.81. The molecule has 7 nitrogen and oxygen atoms in total. The normalized spacial score (nSPS) is 9.64. The van der Waals surface area contributed by atoms with Crippen LogP contribution in [0.25, 0.3) is 0 Å². The Morgan fingerprint density at radius 3 is 2.50 bits per heavy atom. The molecule has 1 aromatic carbocycles. The third-order valence-electron chi connectivity index (χ3n) is 2.52. The molecule has 0 N–H and O–H groups in total. The van der Waals surface area contributed by atoms with Gasteiger partial charge in [-0.05, 0) is 6.07 Å². The lowest BCUT2D eigenvalue weighted by molar-refractivity contribution is -0.384. The Morgan fingerprint density at radius 2 is 1.91 bits per heavy atom. The minimum absolute atomic E-state index is 0.0588. The number of ether oxygens (including phenoxy) is 1. The fraction of sp³-hybridized carbons (Fsp3) is 0.286. The number of nitro groups is 1. The molecule has 0 bridgehead atoms. The molecule has 22 heavy (non-hydrogen) atoms. The van der Waals surface area contributed by atoms with Crippen molar-refractivity contribution < 1.29 is 9.66 Å². The lowest BCUT2D eigenvalue weighted by Gasteiger charge is -2.22. The topological polar surface area (TPSA) is 81.4 Å². The van der Waals surface area contributed by atoms with E-state index in [1.807, 2.05) is 13.8 Å². The van der Waals surface area contributed by atoms with Gasteiger partial charge in [0.05, 0.1) is 4.92 Å². The van der Waals surface area contributed by atoms with E-state index in [9.17, 15) is 10.1 Å². The average molecular weight is 325 g/mol. The summed E-state index contributed by atoms with van der Waals surface area (Å²) < 4.78 is 5.08. The van der Waals surface area contributed by atoms with Crippen LogP contribution >= 0.6 is 11.6 Å². The highest BCUT2D eigenvalue weighted by atomic mass is 35.5. The number of halogens is 1. The molecule has 0 aliphatic heterocycles. The fourth-order valence-electron chi connectivity index (χ4n) is 1.72. The average Bonchev–Trinajstić information content (AvgIpc) is 2.55. The number of benzene rings is 1. The van der Waals surface area contributed by atoms with E-state index in [0.717, 1.165) is 0 Å². The second-order valence-corrected chi connectivity index (χ2v) is 4.12. The summed E-state index contributed by atoms with van der Waals surface area (Å²) in [5, 5.41) is 11.3. The smallest absolute Gasteiger partial charge is 0.292 e. The number of nitrogens with zero attached hydrogens (tertiary/aromatic N) is 4. The maximum Gasteiger partial charge on any atom is 0.292 e. The molecule has 0 spiro atoms. The Kier molecular flexibility index (Phi) is 7.21. The monoisotopic (exact) mass is 324 g/mol. The van der Waals surface area contributed by atoms with Crippen molar-refractivity contribution in [1.29, 1.82) is 0 Å². The van der Waals surface area contributed by atoms with Crippen LogP contribution in [-0.4, -0.2) is 28.7 Å². The molecule has 1 aromatic heterocycles. The van der Waals surface area contributed by atoms with Crippen LogP contribution in [0.3, 0.4) is 0 Å². The zero-order chi connectivity index (χ0) is 16.5. The van der Waals surface area contributed by atoms with Gasteiger partial charge in [0.15, 0.2) is 11.0 Å². The number of aromatic nitrogens is 2. The van der Waals surface area contributed by atoms with Crippen LogP contribution in [0, 0.1) is 10.1 Å². The molecule has 0 unspecified atom stereocenters. The van der Waals surface area contributed by atoms with Crippen molar-refractivity contribution >= 4 is 28.8 Å². The van der Waals surface area contributed by atoms with E-state index in [1.165, 1.54) is 30.5 Å². The molecule has 0 saturated carbocycles. The Morgan fingerprint density at radius 1 is 1.27 bits per heavy atom. The largest absolute Gasteiger partial charge is 0.364 e. The van der Waals surface area contributed by atoms with Crippen LogP contribution < -0.4 is 4.90 Å². The number of para-hydroxylation sites is 2. The highest BCUT2D eigenvalue weighted by Crippen LogP contribution is 2.34. The first kappa shape index (κ1) is 17.8. The molecule has 0 radical (unpaired) electrons. The summed E-state index contributed by atoms with van der Waals surface area (Å²) in [6, 6.07) is 6.28. The number of nitro benzene ring substituents is 1. The van der Waals surface area contributed by atoms with Gasteiger partial charge in [-0.15, -0.1) is 0 Å². The van der Waals surface area contributed by atoms with E-state index in [4.69, 9.17) is 16.3 Å². The van der Waals surface area contributed by atoms with E-state index in [1.54, 1.807) is 18.2 Å². The summed E-state index contributed by atoms with van der Waals surface area (Å²) in [7, 11) is 1.48. The van der Waals surface area contributed by atoms with E-state index < -0.39 is 4.92 Å². The summed E-state index contributed by atoms with van der Waals surface area (Å²) in [6.07, 6.45) is 2.90. The van der Waals surface area contributed by atoms with Crippen LogP contribution in [0.15, 0.2) is 36.7 Å². The zero-order valence-corrected chi connectivity index (χ0v) is 13.3. The number of anilines is 2. The molecule has 0 aliphatic rings.